The van der Waals surface area contributed by atoms with Crippen molar-refractivity contribution in [2.24, 2.45) is 7.05 Å². The summed E-state index contributed by atoms with van der Waals surface area (Å²) in [5.74, 6) is 1.44. The van der Waals surface area contributed by atoms with Gasteiger partial charge < -0.3 is 15.2 Å². The summed E-state index contributed by atoms with van der Waals surface area (Å²) in [5.41, 5.74) is 1.02. The molecule has 1 heterocycles. The van der Waals surface area contributed by atoms with Crippen molar-refractivity contribution < 1.29 is 9.84 Å². The van der Waals surface area contributed by atoms with E-state index < -0.39 is 0 Å². The second-order valence-corrected chi connectivity index (χ2v) is 3.73. The van der Waals surface area contributed by atoms with Crippen molar-refractivity contribution in [1.82, 2.24) is 9.78 Å². The van der Waals surface area contributed by atoms with Crippen LogP contribution in [0.25, 0.3) is 0 Å². The Hall–Kier alpha value is -2.17. The van der Waals surface area contributed by atoms with Crippen LogP contribution in [0, 0.1) is 0 Å². The Morgan fingerprint density at radius 2 is 2.24 bits per heavy atom. The minimum Gasteiger partial charge on any atom is -0.504 e. The largest absolute Gasteiger partial charge is 0.504 e. The number of aromatic hydroxyl groups is 1. The Balaban J connectivity index is 2.04. The lowest BCUT2D eigenvalue weighted by Crippen LogP contribution is -2.01. The van der Waals surface area contributed by atoms with Gasteiger partial charge in [0.2, 0.25) is 0 Å². The van der Waals surface area contributed by atoms with Crippen molar-refractivity contribution in [3.63, 3.8) is 0 Å². The number of hydrogen-bond acceptors (Lipinski definition) is 4. The summed E-state index contributed by atoms with van der Waals surface area (Å²) in [6.45, 7) is 0.633. The molecule has 90 valence electrons. The molecule has 0 fully saturated rings. The fourth-order valence-electron chi connectivity index (χ4n) is 1.53. The Labute approximate surface area is 99.6 Å². The number of nitrogens with zero attached hydrogens (tertiary/aromatic N) is 2. The van der Waals surface area contributed by atoms with E-state index in [9.17, 15) is 5.11 Å². The molecule has 0 radical (unpaired) electrons. The quantitative estimate of drug-likeness (QED) is 0.844. The lowest BCUT2D eigenvalue weighted by Gasteiger charge is -2.07. The highest BCUT2D eigenvalue weighted by Gasteiger charge is 2.03. The molecule has 1 aromatic carbocycles. The van der Waals surface area contributed by atoms with Crippen LogP contribution in [0.1, 0.15) is 5.56 Å². The van der Waals surface area contributed by atoms with E-state index in [1.54, 1.807) is 16.8 Å². The van der Waals surface area contributed by atoms with Gasteiger partial charge in [0.1, 0.15) is 5.82 Å². The summed E-state index contributed by atoms with van der Waals surface area (Å²) in [6, 6.07) is 7.16. The molecule has 2 rings (SSSR count). The second kappa shape index (κ2) is 4.78. The van der Waals surface area contributed by atoms with Gasteiger partial charge in [-0.25, -0.2) is 0 Å². The molecule has 0 spiro atoms. The molecule has 2 aromatic rings. The summed E-state index contributed by atoms with van der Waals surface area (Å²) in [6.07, 6.45) is 1.87. The van der Waals surface area contributed by atoms with Crippen LogP contribution < -0.4 is 10.1 Å². The van der Waals surface area contributed by atoms with Crippen LogP contribution in [0.4, 0.5) is 5.82 Å². The molecule has 0 atom stereocenters. The number of phenols is 1. The fourth-order valence-corrected chi connectivity index (χ4v) is 1.53. The van der Waals surface area contributed by atoms with Gasteiger partial charge in [-0.05, 0) is 17.7 Å². The molecule has 0 bridgehead atoms. The molecule has 0 aliphatic carbocycles. The summed E-state index contributed by atoms with van der Waals surface area (Å²) in [5, 5.41) is 16.9. The second-order valence-electron chi connectivity index (χ2n) is 3.73. The van der Waals surface area contributed by atoms with E-state index in [0.717, 1.165) is 11.4 Å². The number of rotatable bonds is 4. The molecule has 0 amide bonds. The SMILES string of the molecule is COc1cc(CNc2ccn(C)n2)ccc1O. The standard InChI is InChI=1S/C12H15N3O2/c1-15-6-5-12(14-15)13-8-9-3-4-10(16)11(7-9)17-2/h3-7,16H,8H2,1-2H3,(H,13,14). The summed E-state index contributed by atoms with van der Waals surface area (Å²) in [7, 11) is 3.40. The Kier molecular flexibility index (Phi) is 3.18. The lowest BCUT2D eigenvalue weighted by molar-refractivity contribution is 0.373. The van der Waals surface area contributed by atoms with Gasteiger partial charge in [-0.3, -0.25) is 4.68 Å². The zero-order chi connectivity index (χ0) is 12.3. The monoisotopic (exact) mass is 233 g/mol. The van der Waals surface area contributed by atoms with Crippen molar-refractivity contribution in [1.29, 1.82) is 0 Å². The predicted octanol–water partition coefficient (Wildman–Crippen LogP) is 1.75. The van der Waals surface area contributed by atoms with Gasteiger partial charge in [0.25, 0.3) is 0 Å². The van der Waals surface area contributed by atoms with Gasteiger partial charge in [0.05, 0.1) is 7.11 Å². The van der Waals surface area contributed by atoms with Crippen molar-refractivity contribution in [2.45, 2.75) is 6.54 Å². The molecular formula is C12H15N3O2. The van der Waals surface area contributed by atoms with Gasteiger partial charge >= 0.3 is 0 Å². The van der Waals surface area contributed by atoms with Crippen LogP contribution in [0.15, 0.2) is 30.5 Å². The Morgan fingerprint density at radius 1 is 1.41 bits per heavy atom. The van der Waals surface area contributed by atoms with E-state index in [1.807, 2.05) is 25.4 Å². The molecular weight excluding hydrogens is 218 g/mol. The van der Waals surface area contributed by atoms with E-state index in [2.05, 4.69) is 10.4 Å². The van der Waals surface area contributed by atoms with E-state index in [1.165, 1.54) is 7.11 Å². The minimum atomic E-state index is 0.147. The van der Waals surface area contributed by atoms with Gasteiger partial charge in [-0.1, -0.05) is 6.07 Å². The maximum Gasteiger partial charge on any atom is 0.160 e. The van der Waals surface area contributed by atoms with Gasteiger partial charge in [0.15, 0.2) is 11.5 Å². The first kappa shape index (κ1) is 11.3. The molecule has 1 aromatic heterocycles. The van der Waals surface area contributed by atoms with E-state index in [0.29, 0.717) is 12.3 Å². The number of aryl methyl sites for hydroxylation is 1. The molecule has 0 saturated carbocycles. The summed E-state index contributed by atoms with van der Waals surface area (Å²) >= 11 is 0. The first-order chi connectivity index (χ1) is 8.19. The summed E-state index contributed by atoms with van der Waals surface area (Å²) < 4.78 is 6.78. The average molecular weight is 233 g/mol. The number of phenolic OH excluding ortho intramolecular Hbond substituents is 1. The Bertz CT molecular complexity index is 508. The number of aromatic nitrogens is 2. The zero-order valence-electron chi connectivity index (χ0n) is 9.84. The molecule has 17 heavy (non-hydrogen) atoms. The lowest BCUT2D eigenvalue weighted by atomic mass is 10.2. The number of benzene rings is 1. The topological polar surface area (TPSA) is 59.3 Å². The molecule has 5 heteroatoms. The van der Waals surface area contributed by atoms with Crippen LogP contribution in [0.5, 0.6) is 11.5 Å². The fraction of sp³-hybridized carbons (Fsp3) is 0.250. The number of hydrogen-bond donors (Lipinski definition) is 2. The molecule has 5 nitrogen and oxygen atoms in total. The van der Waals surface area contributed by atoms with Gasteiger partial charge in [-0.15, -0.1) is 0 Å². The molecule has 0 saturated heterocycles. The third-order valence-electron chi connectivity index (χ3n) is 2.43. The van der Waals surface area contributed by atoms with Crippen LogP contribution >= 0.6 is 0 Å². The van der Waals surface area contributed by atoms with Crippen molar-refractivity contribution in [3.05, 3.63) is 36.0 Å². The first-order valence-corrected chi connectivity index (χ1v) is 5.28. The number of ether oxygens (including phenoxy) is 1. The minimum absolute atomic E-state index is 0.147. The first-order valence-electron chi connectivity index (χ1n) is 5.28. The highest BCUT2D eigenvalue weighted by atomic mass is 16.5. The van der Waals surface area contributed by atoms with E-state index >= 15 is 0 Å². The average Bonchev–Trinajstić information content (AvgIpc) is 2.74. The van der Waals surface area contributed by atoms with Crippen LogP contribution in [-0.4, -0.2) is 22.0 Å². The van der Waals surface area contributed by atoms with Gasteiger partial charge in [-0.2, -0.15) is 5.10 Å². The maximum absolute atomic E-state index is 9.46. The number of methoxy groups -OCH3 is 1. The maximum atomic E-state index is 9.46. The third-order valence-corrected chi connectivity index (χ3v) is 2.43. The highest BCUT2D eigenvalue weighted by molar-refractivity contribution is 5.43. The molecule has 0 unspecified atom stereocenters. The zero-order valence-corrected chi connectivity index (χ0v) is 9.84. The summed E-state index contributed by atoms with van der Waals surface area (Å²) in [4.78, 5) is 0. The van der Waals surface area contributed by atoms with Crippen molar-refractivity contribution in [2.75, 3.05) is 12.4 Å². The van der Waals surface area contributed by atoms with Crippen LogP contribution in [0.3, 0.4) is 0 Å². The van der Waals surface area contributed by atoms with Crippen molar-refractivity contribution in [3.8, 4) is 11.5 Å². The van der Waals surface area contributed by atoms with Crippen LogP contribution in [-0.2, 0) is 13.6 Å². The van der Waals surface area contributed by atoms with E-state index in [-0.39, 0.29) is 5.75 Å². The van der Waals surface area contributed by atoms with Gasteiger partial charge in [0, 0.05) is 25.9 Å². The highest BCUT2D eigenvalue weighted by Crippen LogP contribution is 2.26. The van der Waals surface area contributed by atoms with Crippen molar-refractivity contribution >= 4 is 5.82 Å². The number of nitrogens with one attached hydrogen (secondary N) is 1. The predicted molar refractivity (Wildman–Crippen MR) is 65.2 cm³/mol. The molecule has 0 aliphatic rings. The Morgan fingerprint density at radius 3 is 2.88 bits per heavy atom. The molecule has 2 N–H and O–H groups in total. The van der Waals surface area contributed by atoms with Crippen LogP contribution in [0.2, 0.25) is 0 Å². The third kappa shape index (κ3) is 2.69. The number of anilines is 1. The smallest absolute Gasteiger partial charge is 0.160 e. The normalized spacial score (nSPS) is 10.2. The molecule has 0 aliphatic heterocycles. The van der Waals surface area contributed by atoms with E-state index in [4.69, 9.17) is 4.74 Å².